The maximum Gasteiger partial charge on any atom is 0.332 e. The normalized spacial score (nSPS) is 11.0. The Morgan fingerprint density at radius 3 is 2.48 bits per heavy atom. The van der Waals surface area contributed by atoms with Crippen molar-refractivity contribution in [1.29, 1.82) is 0 Å². The first kappa shape index (κ1) is 15.6. The van der Waals surface area contributed by atoms with Gasteiger partial charge in [0.2, 0.25) is 0 Å². The summed E-state index contributed by atoms with van der Waals surface area (Å²) in [6.07, 6.45) is 1.53. The Hall–Kier alpha value is -2.31. The molecule has 0 bridgehead atoms. The number of aryl methyl sites for hydroxylation is 1. The highest BCUT2D eigenvalue weighted by molar-refractivity contribution is 6.42. The molecule has 2 heterocycles. The minimum Gasteiger partial charge on any atom is -0.355 e. The molecular formula is C15H12Cl2N4O2. The van der Waals surface area contributed by atoms with Gasteiger partial charge in [0, 0.05) is 26.0 Å². The zero-order valence-electron chi connectivity index (χ0n) is 12.3. The molecular weight excluding hydrogens is 339 g/mol. The third-order valence-electron chi connectivity index (χ3n) is 3.54. The summed E-state index contributed by atoms with van der Waals surface area (Å²) in [5.41, 5.74) is 0.663. The molecule has 0 amide bonds. The van der Waals surface area contributed by atoms with Crippen LogP contribution < -0.4 is 16.6 Å². The highest BCUT2D eigenvalue weighted by atomic mass is 35.5. The van der Waals surface area contributed by atoms with Gasteiger partial charge in [-0.05, 0) is 24.3 Å². The summed E-state index contributed by atoms with van der Waals surface area (Å²) in [4.78, 5) is 28.6. The van der Waals surface area contributed by atoms with Crippen molar-refractivity contribution in [1.82, 2.24) is 14.1 Å². The Kier molecular flexibility index (Phi) is 3.87. The molecule has 1 aromatic carbocycles. The predicted molar refractivity (Wildman–Crippen MR) is 92.0 cm³/mol. The lowest BCUT2D eigenvalue weighted by Crippen LogP contribution is -2.37. The molecule has 0 radical (unpaired) electrons. The van der Waals surface area contributed by atoms with Crippen LogP contribution in [0.4, 0.5) is 11.4 Å². The fourth-order valence-corrected chi connectivity index (χ4v) is 2.62. The van der Waals surface area contributed by atoms with Crippen LogP contribution in [-0.2, 0) is 14.1 Å². The van der Waals surface area contributed by atoms with E-state index in [-0.39, 0.29) is 0 Å². The molecule has 0 fully saturated rings. The molecule has 0 saturated carbocycles. The molecule has 0 atom stereocenters. The summed E-state index contributed by atoms with van der Waals surface area (Å²) in [7, 11) is 3.00. The highest BCUT2D eigenvalue weighted by Gasteiger charge is 2.13. The summed E-state index contributed by atoms with van der Waals surface area (Å²) >= 11 is 11.9. The number of fused-ring (bicyclic) bond motifs is 1. The minimum atomic E-state index is -0.429. The van der Waals surface area contributed by atoms with Crippen LogP contribution in [0.1, 0.15) is 0 Å². The van der Waals surface area contributed by atoms with Crippen molar-refractivity contribution in [2.45, 2.75) is 0 Å². The number of nitrogens with one attached hydrogen (secondary N) is 1. The Bertz CT molecular complexity index is 1040. The maximum absolute atomic E-state index is 12.5. The van der Waals surface area contributed by atoms with Crippen molar-refractivity contribution in [2.75, 3.05) is 5.32 Å². The van der Waals surface area contributed by atoms with E-state index in [0.29, 0.717) is 32.5 Å². The van der Waals surface area contributed by atoms with Crippen molar-refractivity contribution >= 4 is 45.6 Å². The van der Waals surface area contributed by atoms with Crippen molar-refractivity contribution in [3.05, 3.63) is 61.3 Å². The maximum atomic E-state index is 12.5. The number of hydrogen-bond acceptors (Lipinski definition) is 4. The smallest absolute Gasteiger partial charge is 0.332 e. The predicted octanol–water partition coefficient (Wildman–Crippen LogP) is 2.68. The van der Waals surface area contributed by atoms with Gasteiger partial charge in [-0.15, -0.1) is 0 Å². The Morgan fingerprint density at radius 1 is 1.04 bits per heavy atom. The van der Waals surface area contributed by atoms with E-state index in [4.69, 9.17) is 23.2 Å². The van der Waals surface area contributed by atoms with Gasteiger partial charge in [-0.1, -0.05) is 23.2 Å². The van der Waals surface area contributed by atoms with E-state index >= 15 is 0 Å². The average molecular weight is 351 g/mol. The molecule has 3 rings (SSSR count). The molecule has 0 aliphatic carbocycles. The Morgan fingerprint density at radius 2 is 1.78 bits per heavy atom. The van der Waals surface area contributed by atoms with E-state index in [1.807, 2.05) is 0 Å². The van der Waals surface area contributed by atoms with Crippen LogP contribution >= 0.6 is 23.2 Å². The van der Waals surface area contributed by atoms with Gasteiger partial charge in [0.25, 0.3) is 5.56 Å². The van der Waals surface area contributed by atoms with Gasteiger partial charge in [0.15, 0.2) is 5.65 Å². The highest BCUT2D eigenvalue weighted by Crippen LogP contribution is 2.28. The lowest BCUT2D eigenvalue weighted by Gasteiger charge is -2.12. The second-order valence-electron chi connectivity index (χ2n) is 5.02. The van der Waals surface area contributed by atoms with Crippen LogP contribution in [0.2, 0.25) is 10.0 Å². The van der Waals surface area contributed by atoms with Gasteiger partial charge in [-0.2, -0.15) is 0 Å². The van der Waals surface area contributed by atoms with E-state index < -0.39 is 11.2 Å². The molecule has 1 N–H and O–H groups in total. The zero-order chi connectivity index (χ0) is 16.7. The van der Waals surface area contributed by atoms with Crippen molar-refractivity contribution < 1.29 is 0 Å². The molecule has 23 heavy (non-hydrogen) atoms. The average Bonchev–Trinajstić information content (AvgIpc) is 2.54. The third-order valence-corrected chi connectivity index (χ3v) is 4.28. The topological polar surface area (TPSA) is 68.9 Å². The van der Waals surface area contributed by atoms with Crippen LogP contribution in [-0.4, -0.2) is 14.1 Å². The number of rotatable bonds is 2. The number of nitrogens with zero attached hydrogens (tertiary/aromatic N) is 3. The first-order valence-corrected chi connectivity index (χ1v) is 7.42. The van der Waals surface area contributed by atoms with E-state index in [0.717, 1.165) is 4.57 Å². The Balaban J connectivity index is 2.24. The van der Waals surface area contributed by atoms with E-state index in [1.165, 1.54) is 17.8 Å². The molecule has 0 aliphatic heterocycles. The largest absolute Gasteiger partial charge is 0.355 e. The molecule has 2 aromatic heterocycles. The third kappa shape index (κ3) is 2.60. The monoisotopic (exact) mass is 350 g/mol. The first-order valence-electron chi connectivity index (χ1n) is 6.67. The second kappa shape index (κ2) is 5.72. The van der Waals surface area contributed by atoms with Crippen LogP contribution in [0.5, 0.6) is 0 Å². The summed E-state index contributed by atoms with van der Waals surface area (Å²) in [5, 5.41) is 4.28. The molecule has 118 valence electrons. The quantitative estimate of drug-likeness (QED) is 0.771. The number of hydrogen-bond donors (Lipinski definition) is 1. The van der Waals surface area contributed by atoms with Gasteiger partial charge in [0.1, 0.15) is 5.39 Å². The number of benzene rings is 1. The molecule has 3 aromatic rings. The first-order chi connectivity index (χ1) is 10.9. The van der Waals surface area contributed by atoms with Crippen LogP contribution in [0, 0.1) is 0 Å². The summed E-state index contributed by atoms with van der Waals surface area (Å²) in [6.45, 7) is 0. The van der Waals surface area contributed by atoms with E-state index in [1.54, 1.807) is 31.3 Å². The standard InChI is InChI=1S/C15H12Cl2N4O2/c1-20-13-12(14(22)21(2)15(20)23)11(5-6-18-13)19-8-3-4-9(16)10(17)7-8/h3-7H,1-2H3,(H,18,19). The van der Waals surface area contributed by atoms with Crippen LogP contribution in [0.25, 0.3) is 11.0 Å². The van der Waals surface area contributed by atoms with Gasteiger partial charge in [-0.25, -0.2) is 9.78 Å². The van der Waals surface area contributed by atoms with Crippen LogP contribution in [0.3, 0.4) is 0 Å². The van der Waals surface area contributed by atoms with E-state index in [2.05, 4.69) is 10.3 Å². The summed E-state index contributed by atoms with van der Waals surface area (Å²) in [5.74, 6) is 0. The number of pyridine rings is 1. The van der Waals surface area contributed by atoms with Crippen molar-refractivity contribution in [3.8, 4) is 0 Å². The minimum absolute atomic E-state index is 0.308. The lowest BCUT2D eigenvalue weighted by molar-refractivity contribution is 0.708. The lowest BCUT2D eigenvalue weighted by atomic mass is 10.2. The molecule has 0 spiro atoms. The zero-order valence-corrected chi connectivity index (χ0v) is 13.8. The second-order valence-corrected chi connectivity index (χ2v) is 5.83. The van der Waals surface area contributed by atoms with Crippen LogP contribution in [0.15, 0.2) is 40.1 Å². The van der Waals surface area contributed by atoms with Crippen molar-refractivity contribution in [3.63, 3.8) is 0 Å². The summed E-state index contributed by atoms with van der Waals surface area (Å²) in [6, 6.07) is 6.72. The molecule has 0 unspecified atom stereocenters. The van der Waals surface area contributed by atoms with Gasteiger partial charge in [-0.3, -0.25) is 13.9 Å². The fourth-order valence-electron chi connectivity index (χ4n) is 2.32. The van der Waals surface area contributed by atoms with Gasteiger partial charge in [0.05, 0.1) is 15.7 Å². The van der Waals surface area contributed by atoms with Gasteiger partial charge >= 0.3 is 5.69 Å². The number of aromatic nitrogens is 3. The van der Waals surface area contributed by atoms with E-state index in [9.17, 15) is 9.59 Å². The van der Waals surface area contributed by atoms with Gasteiger partial charge < -0.3 is 5.32 Å². The van der Waals surface area contributed by atoms with Crippen molar-refractivity contribution in [2.24, 2.45) is 14.1 Å². The number of halogens is 2. The molecule has 6 nitrogen and oxygen atoms in total. The fraction of sp³-hybridized carbons (Fsp3) is 0.133. The molecule has 0 saturated heterocycles. The summed E-state index contributed by atoms with van der Waals surface area (Å²) < 4.78 is 2.38. The molecule has 8 heteroatoms. The molecule has 0 aliphatic rings. The Labute approximate surface area is 140 Å². The SMILES string of the molecule is Cn1c(=O)c2c(Nc3ccc(Cl)c(Cl)c3)ccnc2n(C)c1=O. The number of anilines is 2.